The Labute approximate surface area is 353 Å². The van der Waals surface area contributed by atoms with Gasteiger partial charge in [-0.1, -0.05) is 37.8 Å². The first-order chi connectivity index (χ1) is 29.3. The zero-order chi connectivity index (χ0) is 43.8. The van der Waals surface area contributed by atoms with Gasteiger partial charge in [-0.15, -0.1) is 11.3 Å². The molecule has 320 valence electrons. The molecule has 1 aliphatic heterocycles. The van der Waals surface area contributed by atoms with E-state index in [4.69, 9.17) is 4.74 Å². The zero-order valence-corrected chi connectivity index (χ0v) is 34.4. The largest absolute Gasteiger partial charge is 0.496 e. The minimum Gasteiger partial charge on any atom is -0.496 e. The molecule has 1 aliphatic rings. The third-order valence-electron chi connectivity index (χ3n) is 10.1. The van der Waals surface area contributed by atoms with Crippen molar-refractivity contribution in [3.05, 3.63) is 94.3 Å². The first kappa shape index (κ1) is 43.5. The van der Waals surface area contributed by atoms with Crippen LogP contribution in [0.5, 0.6) is 5.75 Å². The normalized spacial score (nSPS) is 20.6. The Bertz CT molecular complexity index is 2490. The predicted octanol–water partition coefficient (Wildman–Crippen LogP) is 0.445. The molecule has 0 spiro atoms. The van der Waals surface area contributed by atoms with Crippen LogP contribution in [-0.2, 0) is 41.6 Å². The number of nitrogens with one attached hydrogen (secondary N) is 8. The molecule has 7 amide bonds. The Morgan fingerprint density at radius 3 is 2.26 bits per heavy atom. The molecule has 4 atom stereocenters. The molecule has 0 aliphatic carbocycles. The number of likely N-dealkylation sites (N-methyl/N-ethyl adjacent to an activating group) is 1. The number of aromatic nitrogens is 3. The Kier molecular flexibility index (Phi) is 13.8. The molecule has 0 saturated carbocycles. The highest BCUT2D eigenvalue weighted by atomic mass is 32.1. The number of carbonyl (C=O) groups is 7. The maximum absolute atomic E-state index is 14.5. The molecule has 2 aromatic carbocycles. The number of nitrogens with zero attached hydrogens (tertiary/aromatic N) is 2. The van der Waals surface area contributed by atoms with Gasteiger partial charge in [0.05, 0.1) is 32.5 Å². The summed E-state index contributed by atoms with van der Waals surface area (Å²) < 4.78 is 5.59. The number of methoxy groups -OCH3 is 1. The molecule has 61 heavy (non-hydrogen) atoms. The van der Waals surface area contributed by atoms with E-state index in [1.165, 1.54) is 19.5 Å². The lowest BCUT2D eigenvalue weighted by Crippen LogP contribution is -2.56. The monoisotopic (exact) mass is 854 g/mol. The molecule has 0 saturated heterocycles. The number of amides is 7. The van der Waals surface area contributed by atoms with Gasteiger partial charge in [-0.25, -0.2) is 4.98 Å². The van der Waals surface area contributed by atoms with Crippen LogP contribution >= 0.6 is 11.3 Å². The molecule has 19 nitrogen and oxygen atoms in total. The fourth-order valence-electron chi connectivity index (χ4n) is 6.89. The summed E-state index contributed by atoms with van der Waals surface area (Å²) in [4.78, 5) is 106. The maximum Gasteiger partial charge on any atom is 0.271 e. The van der Waals surface area contributed by atoms with Crippen LogP contribution in [0, 0.1) is 0 Å². The average molecular weight is 855 g/mol. The van der Waals surface area contributed by atoms with Gasteiger partial charge in [-0.05, 0) is 35.7 Å². The Hall–Kier alpha value is -7.06. The van der Waals surface area contributed by atoms with E-state index in [9.17, 15) is 38.7 Å². The lowest BCUT2D eigenvalue weighted by atomic mass is 10.0. The summed E-state index contributed by atoms with van der Waals surface area (Å²) in [5.74, 6) is -4.74. The molecule has 3 aromatic heterocycles. The SMILES string of the molecule is C=C1NC(=O)[C@@H](CC)NC(=O)CNC(=O)[C@H](Cc2c[nH]c3cccc(OC)c23)NC(=O)[C@H](Cc2c[nH]c3ccccc23)NC(=O)c2csc(n2)[C@@H](CO)NC(=O)CN(C)C1=O. The number of thiazole rings is 1. The van der Waals surface area contributed by atoms with E-state index in [0.29, 0.717) is 27.8 Å². The van der Waals surface area contributed by atoms with Crippen LogP contribution in [0.15, 0.2) is 72.5 Å². The molecule has 6 rings (SSSR count). The summed E-state index contributed by atoms with van der Waals surface area (Å²) in [6.07, 6.45) is 3.39. The predicted molar refractivity (Wildman–Crippen MR) is 224 cm³/mol. The van der Waals surface area contributed by atoms with E-state index in [-0.39, 0.29) is 35.7 Å². The van der Waals surface area contributed by atoms with Gasteiger partial charge >= 0.3 is 0 Å². The first-order valence-corrected chi connectivity index (χ1v) is 20.1. The maximum atomic E-state index is 14.5. The number of hydrogen-bond donors (Lipinski definition) is 9. The van der Waals surface area contributed by atoms with Crippen LogP contribution in [0.1, 0.15) is 46.0 Å². The molecule has 20 heteroatoms. The van der Waals surface area contributed by atoms with Gasteiger partial charge in [-0.2, -0.15) is 0 Å². The van der Waals surface area contributed by atoms with E-state index in [2.05, 4.69) is 53.4 Å². The molecule has 9 N–H and O–H groups in total. The van der Waals surface area contributed by atoms with Crippen molar-refractivity contribution in [2.75, 3.05) is 33.9 Å². The van der Waals surface area contributed by atoms with Crippen molar-refractivity contribution < 1.29 is 43.4 Å². The quantitative estimate of drug-likeness (QED) is 0.102. The molecule has 0 radical (unpaired) electrons. The summed E-state index contributed by atoms with van der Waals surface area (Å²) in [6.45, 7) is 3.52. The van der Waals surface area contributed by atoms with E-state index in [0.717, 1.165) is 27.1 Å². The van der Waals surface area contributed by atoms with Crippen molar-refractivity contribution in [3.63, 3.8) is 0 Å². The summed E-state index contributed by atoms with van der Waals surface area (Å²) in [5, 5.41) is 28.8. The lowest BCUT2D eigenvalue weighted by molar-refractivity contribution is -0.134. The highest BCUT2D eigenvalue weighted by Gasteiger charge is 2.31. The van der Waals surface area contributed by atoms with Crippen molar-refractivity contribution in [1.29, 1.82) is 0 Å². The second-order valence-corrected chi connectivity index (χ2v) is 15.2. The minimum atomic E-state index is -1.31. The van der Waals surface area contributed by atoms with Gasteiger partial charge in [0, 0.05) is 59.5 Å². The number of aliphatic hydroxyl groups is 1. The number of para-hydroxylation sites is 1. The third kappa shape index (κ3) is 10.2. The third-order valence-corrected chi connectivity index (χ3v) is 11.0. The first-order valence-electron chi connectivity index (χ1n) is 19.3. The van der Waals surface area contributed by atoms with Gasteiger partial charge in [0.25, 0.3) is 11.8 Å². The Balaban J connectivity index is 1.36. The van der Waals surface area contributed by atoms with E-state index < -0.39 is 85.2 Å². The highest BCUT2D eigenvalue weighted by Crippen LogP contribution is 2.29. The van der Waals surface area contributed by atoms with Gasteiger partial charge < -0.3 is 56.6 Å². The van der Waals surface area contributed by atoms with Crippen molar-refractivity contribution in [2.45, 2.75) is 50.4 Å². The number of hydrogen-bond acceptors (Lipinski definition) is 11. The molecule has 2 bridgehead atoms. The lowest BCUT2D eigenvalue weighted by Gasteiger charge is -2.24. The van der Waals surface area contributed by atoms with E-state index >= 15 is 0 Å². The van der Waals surface area contributed by atoms with Crippen LogP contribution in [-0.4, -0.2) is 118 Å². The molecule has 0 fully saturated rings. The average Bonchev–Trinajstić information content (AvgIpc) is 4.02. The number of aromatic amines is 2. The molecular formula is C41H46N10O9S. The van der Waals surface area contributed by atoms with Gasteiger partial charge in [0.15, 0.2) is 0 Å². The van der Waals surface area contributed by atoms with Crippen molar-refractivity contribution in [3.8, 4) is 5.75 Å². The van der Waals surface area contributed by atoms with Crippen LogP contribution in [0.25, 0.3) is 21.8 Å². The second kappa shape index (κ2) is 19.3. The van der Waals surface area contributed by atoms with Gasteiger partial charge in [0.1, 0.15) is 40.6 Å². The number of fused-ring (bicyclic) bond motifs is 4. The molecule has 5 aromatic rings. The van der Waals surface area contributed by atoms with E-state index in [1.807, 2.05) is 30.3 Å². The summed E-state index contributed by atoms with van der Waals surface area (Å²) in [6, 6.07) is 7.96. The molecular weight excluding hydrogens is 809 g/mol. The van der Waals surface area contributed by atoms with E-state index in [1.54, 1.807) is 31.5 Å². The highest BCUT2D eigenvalue weighted by molar-refractivity contribution is 7.10. The Morgan fingerprint density at radius 2 is 1.51 bits per heavy atom. The number of H-pyrrole nitrogens is 2. The topological polar surface area (TPSA) is 269 Å². The number of aliphatic hydroxyl groups excluding tert-OH is 1. The summed E-state index contributed by atoms with van der Waals surface area (Å²) >= 11 is 0.975. The number of rotatable bonds is 7. The fraction of sp³-hybridized carbons (Fsp3) is 0.317. The van der Waals surface area contributed by atoms with Crippen LogP contribution in [0.3, 0.4) is 0 Å². The molecule has 0 unspecified atom stereocenters. The smallest absolute Gasteiger partial charge is 0.271 e. The van der Waals surface area contributed by atoms with Crippen LogP contribution in [0.2, 0.25) is 0 Å². The molecule has 4 heterocycles. The van der Waals surface area contributed by atoms with Crippen molar-refractivity contribution in [1.82, 2.24) is 51.8 Å². The zero-order valence-electron chi connectivity index (χ0n) is 33.5. The van der Waals surface area contributed by atoms with Crippen molar-refractivity contribution >= 4 is 74.5 Å². The van der Waals surface area contributed by atoms with Gasteiger partial charge in [-0.3, -0.25) is 33.6 Å². The standard InChI is InChI=1S/C41H46N10O9S/c1-5-25-37(56)45-21(2)41(59)51(3)18-34(54)47-30(19-52)40-50-31(20-61-40)39(58)49-29(13-22-15-42-26-10-7-6-9-24(22)26)38(57)48-28(36(55)44-17-33(53)46-25)14-23-16-43-27-11-8-12-32(60-4)35(23)27/h6-12,15-16,20,25,28-30,42-43,52H,2,5,13-14,17-19H2,1,3-4H3,(H,44,55)(H,45,56)(H,46,53)(H,47,54)(H,48,57)(H,49,58)/t25-,28+,29+,30-/m1/s1. The fourth-order valence-corrected chi connectivity index (χ4v) is 7.73. The Morgan fingerprint density at radius 1 is 0.820 bits per heavy atom. The number of benzene rings is 2. The second-order valence-electron chi connectivity index (χ2n) is 14.3. The number of carbonyl (C=O) groups excluding carboxylic acids is 7. The summed E-state index contributed by atoms with van der Waals surface area (Å²) in [5.41, 5.74) is 2.30. The van der Waals surface area contributed by atoms with Crippen molar-refractivity contribution in [2.24, 2.45) is 0 Å². The van der Waals surface area contributed by atoms with Crippen LogP contribution in [0.4, 0.5) is 0 Å². The minimum absolute atomic E-state index is 0.0231. The summed E-state index contributed by atoms with van der Waals surface area (Å²) in [7, 11) is 2.81. The van der Waals surface area contributed by atoms with Crippen LogP contribution < -0.4 is 36.6 Å². The van der Waals surface area contributed by atoms with Gasteiger partial charge in [0.2, 0.25) is 29.5 Å². The number of ether oxygens (including phenoxy) is 1.